The van der Waals surface area contributed by atoms with E-state index < -0.39 is 5.67 Å². The molecule has 15 heavy (non-hydrogen) atoms. The number of alkyl halides is 1. The second-order valence-corrected chi connectivity index (χ2v) is 4.10. The lowest BCUT2D eigenvalue weighted by Gasteiger charge is -2.24. The number of nitrogens with one attached hydrogen (secondary N) is 1. The molecule has 1 aliphatic rings. The van der Waals surface area contributed by atoms with Crippen molar-refractivity contribution in [2.45, 2.75) is 38.4 Å². The van der Waals surface area contributed by atoms with Gasteiger partial charge in [-0.2, -0.15) is 5.10 Å². The van der Waals surface area contributed by atoms with Gasteiger partial charge in [-0.3, -0.25) is 4.68 Å². The van der Waals surface area contributed by atoms with E-state index in [2.05, 4.69) is 10.4 Å². The first-order chi connectivity index (χ1) is 7.26. The van der Waals surface area contributed by atoms with E-state index in [9.17, 15) is 4.39 Å². The van der Waals surface area contributed by atoms with E-state index >= 15 is 0 Å². The highest BCUT2D eigenvalue weighted by Crippen LogP contribution is 2.35. The number of rotatable bonds is 2. The molecule has 2 rings (SSSR count). The smallest absolute Gasteiger partial charge is 0.153 e. The Balaban J connectivity index is 2.26. The van der Waals surface area contributed by atoms with Gasteiger partial charge in [0.15, 0.2) is 5.67 Å². The number of nitrogens with zero attached hydrogens (tertiary/aromatic N) is 2. The van der Waals surface area contributed by atoms with Crippen molar-refractivity contribution in [3.63, 3.8) is 0 Å². The minimum absolute atomic E-state index is 0.554. The molecule has 0 spiro atoms. The maximum absolute atomic E-state index is 14.7. The summed E-state index contributed by atoms with van der Waals surface area (Å²) in [6.07, 6.45) is 3.74. The van der Waals surface area contributed by atoms with Gasteiger partial charge in [0.2, 0.25) is 0 Å². The molecule has 0 saturated carbocycles. The summed E-state index contributed by atoms with van der Waals surface area (Å²) in [5, 5.41) is 7.37. The van der Waals surface area contributed by atoms with Crippen LogP contribution in [-0.4, -0.2) is 22.9 Å². The third-order valence-electron chi connectivity index (χ3n) is 3.10. The van der Waals surface area contributed by atoms with Gasteiger partial charge in [-0.05, 0) is 45.3 Å². The molecule has 84 valence electrons. The van der Waals surface area contributed by atoms with Crippen LogP contribution in [0.5, 0.6) is 0 Å². The maximum atomic E-state index is 14.7. The zero-order chi connectivity index (χ0) is 10.7. The van der Waals surface area contributed by atoms with Crippen LogP contribution in [0.25, 0.3) is 0 Å². The lowest BCUT2D eigenvalue weighted by Crippen LogP contribution is -2.25. The SMILES string of the molecule is CCn1nccc1C1(F)CCCNCC1. The molecule has 1 N–H and O–H groups in total. The van der Waals surface area contributed by atoms with Gasteiger partial charge < -0.3 is 5.32 Å². The third kappa shape index (κ3) is 2.04. The van der Waals surface area contributed by atoms with Gasteiger partial charge in [0.25, 0.3) is 0 Å². The topological polar surface area (TPSA) is 29.9 Å². The summed E-state index contributed by atoms with van der Waals surface area (Å²) in [4.78, 5) is 0. The van der Waals surface area contributed by atoms with Crippen molar-refractivity contribution in [2.75, 3.05) is 13.1 Å². The average molecular weight is 211 g/mol. The van der Waals surface area contributed by atoms with Gasteiger partial charge in [0.1, 0.15) is 0 Å². The molecule has 0 amide bonds. The van der Waals surface area contributed by atoms with E-state index in [-0.39, 0.29) is 0 Å². The number of aryl methyl sites for hydroxylation is 1. The molecule has 1 fully saturated rings. The molecule has 1 atom stereocenters. The van der Waals surface area contributed by atoms with Crippen molar-refractivity contribution in [3.05, 3.63) is 18.0 Å². The average Bonchev–Trinajstić information content (AvgIpc) is 2.62. The Morgan fingerprint density at radius 3 is 3.20 bits per heavy atom. The lowest BCUT2D eigenvalue weighted by atomic mass is 9.93. The largest absolute Gasteiger partial charge is 0.317 e. The molecule has 1 aliphatic heterocycles. The Morgan fingerprint density at radius 1 is 1.53 bits per heavy atom. The highest BCUT2D eigenvalue weighted by Gasteiger charge is 2.35. The molecule has 1 aromatic heterocycles. The third-order valence-corrected chi connectivity index (χ3v) is 3.10. The van der Waals surface area contributed by atoms with Crippen molar-refractivity contribution >= 4 is 0 Å². The molecule has 4 heteroatoms. The zero-order valence-corrected chi connectivity index (χ0v) is 9.17. The summed E-state index contributed by atoms with van der Waals surface area (Å²) < 4.78 is 16.5. The van der Waals surface area contributed by atoms with Crippen molar-refractivity contribution < 1.29 is 4.39 Å². The van der Waals surface area contributed by atoms with E-state index in [1.165, 1.54) is 0 Å². The Morgan fingerprint density at radius 2 is 2.40 bits per heavy atom. The first-order valence-electron chi connectivity index (χ1n) is 5.68. The quantitative estimate of drug-likeness (QED) is 0.809. The molecule has 0 aliphatic carbocycles. The number of hydrogen-bond acceptors (Lipinski definition) is 2. The lowest BCUT2D eigenvalue weighted by molar-refractivity contribution is 0.131. The van der Waals surface area contributed by atoms with Gasteiger partial charge in [-0.15, -0.1) is 0 Å². The number of halogens is 1. The van der Waals surface area contributed by atoms with Crippen LogP contribution in [0.15, 0.2) is 12.3 Å². The minimum atomic E-state index is -1.18. The predicted molar refractivity (Wildman–Crippen MR) is 57.4 cm³/mol. The molecule has 3 nitrogen and oxygen atoms in total. The summed E-state index contributed by atoms with van der Waals surface area (Å²) in [5.74, 6) is 0. The van der Waals surface area contributed by atoms with Crippen molar-refractivity contribution in [1.29, 1.82) is 0 Å². The van der Waals surface area contributed by atoms with Crippen molar-refractivity contribution in [1.82, 2.24) is 15.1 Å². The summed E-state index contributed by atoms with van der Waals surface area (Å²) in [5.41, 5.74) is -0.440. The van der Waals surface area contributed by atoms with Crippen LogP contribution in [0.3, 0.4) is 0 Å². The Labute approximate surface area is 89.7 Å². The van der Waals surface area contributed by atoms with Crippen LogP contribution in [0.4, 0.5) is 4.39 Å². The Bertz CT molecular complexity index is 313. The van der Waals surface area contributed by atoms with E-state index in [1.54, 1.807) is 10.9 Å². The van der Waals surface area contributed by atoms with E-state index in [0.29, 0.717) is 12.8 Å². The van der Waals surface area contributed by atoms with Crippen LogP contribution in [0.1, 0.15) is 31.9 Å². The van der Waals surface area contributed by atoms with Crippen LogP contribution >= 0.6 is 0 Å². The highest BCUT2D eigenvalue weighted by atomic mass is 19.1. The van der Waals surface area contributed by atoms with Gasteiger partial charge >= 0.3 is 0 Å². The molecule has 1 saturated heterocycles. The second-order valence-electron chi connectivity index (χ2n) is 4.10. The van der Waals surface area contributed by atoms with Gasteiger partial charge in [-0.25, -0.2) is 4.39 Å². The molecule has 1 aromatic rings. The van der Waals surface area contributed by atoms with Crippen molar-refractivity contribution in [2.24, 2.45) is 0 Å². The van der Waals surface area contributed by atoms with E-state index in [1.807, 2.05) is 13.0 Å². The number of hydrogen-bond donors (Lipinski definition) is 1. The Hall–Kier alpha value is -0.900. The van der Waals surface area contributed by atoms with Gasteiger partial charge in [0.05, 0.1) is 5.69 Å². The molecule has 0 radical (unpaired) electrons. The fraction of sp³-hybridized carbons (Fsp3) is 0.727. The molecule has 0 aromatic carbocycles. The summed E-state index contributed by atoms with van der Waals surface area (Å²) in [6, 6.07) is 1.81. The predicted octanol–water partition coefficient (Wildman–Crippen LogP) is 1.84. The molecule has 1 unspecified atom stereocenters. The fourth-order valence-corrected chi connectivity index (χ4v) is 2.25. The first-order valence-corrected chi connectivity index (χ1v) is 5.68. The van der Waals surface area contributed by atoms with Crippen molar-refractivity contribution in [3.8, 4) is 0 Å². The molecular formula is C11H18FN3. The Kier molecular flexibility index (Phi) is 3.05. The maximum Gasteiger partial charge on any atom is 0.153 e. The zero-order valence-electron chi connectivity index (χ0n) is 9.17. The highest BCUT2D eigenvalue weighted by molar-refractivity contribution is 5.13. The summed E-state index contributed by atoms with van der Waals surface area (Å²) in [7, 11) is 0. The standard InChI is InChI=1S/C11H18FN3/c1-2-15-10(4-8-14-15)11(12)5-3-7-13-9-6-11/h4,8,13H,2-3,5-7,9H2,1H3. The monoisotopic (exact) mass is 211 g/mol. The normalized spacial score (nSPS) is 27.6. The first kappa shape index (κ1) is 10.6. The molecule has 2 heterocycles. The fourth-order valence-electron chi connectivity index (χ4n) is 2.25. The van der Waals surface area contributed by atoms with Crippen LogP contribution in [0, 0.1) is 0 Å². The van der Waals surface area contributed by atoms with E-state index in [0.717, 1.165) is 31.7 Å². The molecular weight excluding hydrogens is 193 g/mol. The van der Waals surface area contributed by atoms with Crippen LogP contribution < -0.4 is 5.32 Å². The number of aromatic nitrogens is 2. The van der Waals surface area contributed by atoms with Gasteiger partial charge in [0, 0.05) is 12.7 Å². The van der Waals surface area contributed by atoms with Gasteiger partial charge in [-0.1, -0.05) is 0 Å². The van der Waals surface area contributed by atoms with E-state index in [4.69, 9.17) is 0 Å². The summed E-state index contributed by atoms with van der Waals surface area (Å²) >= 11 is 0. The molecule has 0 bridgehead atoms. The van der Waals surface area contributed by atoms with Crippen LogP contribution in [0.2, 0.25) is 0 Å². The summed E-state index contributed by atoms with van der Waals surface area (Å²) in [6.45, 7) is 4.41. The second kappa shape index (κ2) is 4.31. The minimum Gasteiger partial charge on any atom is -0.317 e. The van der Waals surface area contributed by atoms with Crippen LogP contribution in [-0.2, 0) is 12.2 Å².